The molecule has 0 spiro atoms. The maximum Gasteiger partial charge on any atom is 0.215 e. The van der Waals surface area contributed by atoms with Crippen molar-refractivity contribution in [3.63, 3.8) is 0 Å². The highest BCUT2D eigenvalue weighted by atomic mass is 32.2. The standard InChI is InChI=1S/C16H25FN2O3S/c1-13(2)10-19-7-8-22-16(11-19)9-18-23(20,21)12-14-3-5-15(17)6-4-14/h3-6,13,16,18H,7-12H2,1-2H3. The van der Waals surface area contributed by atoms with Crippen LogP contribution < -0.4 is 4.72 Å². The van der Waals surface area contributed by atoms with Gasteiger partial charge in [0, 0.05) is 26.2 Å². The number of hydrogen-bond donors (Lipinski definition) is 1. The van der Waals surface area contributed by atoms with Crippen LogP contribution in [0.5, 0.6) is 0 Å². The van der Waals surface area contributed by atoms with Crippen LogP contribution in [0.3, 0.4) is 0 Å². The number of benzene rings is 1. The van der Waals surface area contributed by atoms with E-state index >= 15 is 0 Å². The van der Waals surface area contributed by atoms with E-state index in [0.717, 1.165) is 19.6 Å². The van der Waals surface area contributed by atoms with Crippen LogP contribution in [0.2, 0.25) is 0 Å². The third-order valence-electron chi connectivity index (χ3n) is 3.65. The highest BCUT2D eigenvalue weighted by molar-refractivity contribution is 7.88. The minimum atomic E-state index is -3.46. The van der Waals surface area contributed by atoms with Gasteiger partial charge in [0.05, 0.1) is 18.5 Å². The number of morpholine rings is 1. The van der Waals surface area contributed by atoms with Gasteiger partial charge in [-0.05, 0) is 23.6 Å². The first kappa shape index (κ1) is 18.3. The van der Waals surface area contributed by atoms with Crippen molar-refractivity contribution in [2.75, 3.05) is 32.8 Å². The van der Waals surface area contributed by atoms with Crippen LogP contribution >= 0.6 is 0 Å². The van der Waals surface area contributed by atoms with Crippen LogP contribution in [-0.4, -0.2) is 52.2 Å². The molecular weight excluding hydrogens is 319 g/mol. The van der Waals surface area contributed by atoms with Gasteiger partial charge in [-0.25, -0.2) is 17.5 Å². The molecule has 0 aliphatic carbocycles. The van der Waals surface area contributed by atoms with E-state index in [1.165, 1.54) is 24.3 Å². The lowest BCUT2D eigenvalue weighted by Gasteiger charge is -2.33. The predicted octanol–water partition coefficient (Wildman–Crippen LogP) is 1.60. The molecule has 1 N–H and O–H groups in total. The van der Waals surface area contributed by atoms with Crippen molar-refractivity contribution >= 4 is 10.0 Å². The van der Waals surface area contributed by atoms with E-state index in [-0.39, 0.29) is 24.2 Å². The number of nitrogens with zero attached hydrogens (tertiary/aromatic N) is 1. The summed E-state index contributed by atoms with van der Waals surface area (Å²) in [5.41, 5.74) is 0.560. The quantitative estimate of drug-likeness (QED) is 0.816. The number of rotatable bonds is 7. The molecule has 130 valence electrons. The topological polar surface area (TPSA) is 58.6 Å². The zero-order chi connectivity index (χ0) is 16.9. The summed E-state index contributed by atoms with van der Waals surface area (Å²) in [5, 5.41) is 0. The number of hydrogen-bond acceptors (Lipinski definition) is 4. The van der Waals surface area contributed by atoms with Crippen molar-refractivity contribution in [1.29, 1.82) is 0 Å². The van der Waals surface area contributed by atoms with E-state index in [0.29, 0.717) is 18.1 Å². The molecule has 1 aliphatic heterocycles. The molecule has 0 aromatic heterocycles. The average Bonchev–Trinajstić information content (AvgIpc) is 2.47. The van der Waals surface area contributed by atoms with E-state index < -0.39 is 10.0 Å². The van der Waals surface area contributed by atoms with Crippen molar-refractivity contribution in [3.05, 3.63) is 35.6 Å². The molecule has 7 heteroatoms. The van der Waals surface area contributed by atoms with Gasteiger partial charge >= 0.3 is 0 Å². The number of halogens is 1. The molecule has 1 fully saturated rings. The van der Waals surface area contributed by atoms with Gasteiger partial charge in [0.1, 0.15) is 5.82 Å². The molecule has 1 aromatic rings. The van der Waals surface area contributed by atoms with Crippen LogP contribution in [0, 0.1) is 11.7 Å². The summed E-state index contributed by atoms with van der Waals surface area (Å²) < 4.78 is 45.3. The molecule has 2 rings (SSSR count). The zero-order valence-corrected chi connectivity index (χ0v) is 14.5. The fourth-order valence-electron chi connectivity index (χ4n) is 2.66. The Morgan fingerprint density at radius 2 is 2.04 bits per heavy atom. The highest BCUT2D eigenvalue weighted by Gasteiger charge is 2.22. The molecule has 1 saturated heterocycles. The monoisotopic (exact) mass is 344 g/mol. The molecule has 1 atom stereocenters. The smallest absolute Gasteiger partial charge is 0.215 e. The Hall–Kier alpha value is -1.02. The Kier molecular flexibility index (Phi) is 6.52. The van der Waals surface area contributed by atoms with Crippen LogP contribution in [0.4, 0.5) is 4.39 Å². The van der Waals surface area contributed by atoms with E-state index in [2.05, 4.69) is 23.5 Å². The molecule has 1 unspecified atom stereocenters. The molecule has 0 saturated carbocycles. The molecule has 0 radical (unpaired) electrons. The van der Waals surface area contributed by atoms with E-state index in [1.807, 2.05) is 0 Å². The van der Waals surface area contributed by atoms with Gasteiger partial charge in [-0.1, -0.05) is 26.0 Å². The summed E-state index contributed by atoms with van der Waals surface area (Å²) in [5.74, 6) is 0.0410. The maximum atomic E-state index is 12.9. The van der Waals surface area contributed by atoms with Crippen molar-refractivity contribution in [2.45, 2.75) is 25.7 Å². The summed E-state index contributed by atoms with van der Waals surface area (Å²) in [6.45, 7) is 7.82. The first-order valence-electron chi connectivity index (χ1n) is 7.90. The summed E-state index contributed by atoms with van der Waals surface area (Å²) in [4.78, 5) is 2.30. The van der Waals surface area contributed by atoms with Gasteiger partial charge in [0.15, 0.2) is 0 Å². The fraction of sp³-hybridized carbons (Fsp3) is 0.625. The van der Waals surface area contributed by atoms with E-state index in [4.69, 9.17) is 4.74 Å². The van der Waals surface area contributed by atoms with Crippen LogP contribution in [0.15, 0.2) is 24.3 Å². The summed E-state index contributed by atoms with van der Waals surface area (Å²) in [7, 11) is -3.46. The molecular formula is C16H25FN2O3S. The highest BCUT2D eigenvalue weighted by Crippen LogP contribution is 2.09. The van der Waals surface area contributed by atoms with Crippen molar-refractivity contribution < 1.29 is 17.5 Å². The first-order chi connectivity index (χ1) is 10.8. The van der Waals surface area contributed by atoms with Crippen molar-refractivity contribution in [3.8, 4) is 0 Å². The SMILES string of the molecule is CC(C)CN1CCOC(CNS(=O)(=O)Cc2ccc(F)cc2)C1. The first-order valence-corrected chi connectivity index (χ1v) is 9.55. The van der Waals surface area contributed by atoms with Gasteiger partial charge in [-0.3, -0.25) is 4.90 Å². The van der Waals surface area contributed by atoms with E-state index in [9.17, 15) is 12.8 Å². The van der Waals surface area contributed by atoms with Crippen molar-refractivity contribution in [2.24, 2.45) is 5.92 Å². The predicted molar refractivity (Wildman–Crippen MR) is 88.0 cm³/mol. The minimum Gasteiger partial charge on any atom is -0.374 e. The lowest BCUT2D eigenvalue weighted by atomic mass is 10.2. The number of ether oxygens (including phenoxy) is 1. The largest absolute Gasteiger partial charge is 0.374 e. The second kappa shape index (κ2) is 8.19. The molecule has 0 bridgehead atoms. The van der Waals surface area contributed by atoms with Crippen molar-refractivity contribution in [1.82, 2.24) is 9.62 Å². The van der Waals surface area contributed by atoms with Crippen LogP contribution in [-0.2, 0) is 20.5 Å². The lowest BCUT2D eigenvalue weighted by molar-refractivity contribution is -0.0280. The third kappa shape index (κ3) is 6.55. The summed E-state index contributed by atoms with van der Waals surface area (Å²) in [6.07, 6.45) is -0.134. The minimum absolute atomic E-state index is 0.134. The van der Waals surface area contributed by atoms with Crippen LogP contribution in [0.1, 0.15) is 19.4 Å². The van der Waals surface area contributed by atoms with Gasteiger partial charge in [-0.2, -0.15) is 0 Å². The van der Waals surface area contributed by atoms with E-state index in [1.54, 1.807) is 0 Å². The number of nitrogens with one attached hydrogen (secondary N) is 1. The fourth-order valence-corrected chi connectivity index (χ4v) is 3.83. The average molecular weight is 344 g/mol. The Labute approximate surface area is 137 Å². The normalized spacial score (nSPS) is 20.1. The van der Waals surface area contributed by atoms with Gasteiger partial charge < -0.3 is 4.74 Å². The Bertz CT molecular complexity index is 590. The molecule has 0 amide bonds. The molecule has 1 aromatic carbocycles. The second-order valence-electron chi connectivity index (χ2n) is 6.38. The van der Waals surface area contributed by atoms with Gasteiger partial charge in [0.25, 0.3) is 0 Å². The third-order valence-corrected chi connectivity index (χ3v) is 4.97. The molecule has 1 aliphatic rings. The van der Waals surface area contributed by atoms with Gasteiger partial charge in [0.2, 0.25) is 10.0 Å². The maximum absolute atomic E-state index is 12.9. The zero-order valence-electron chi connectivity index (χ0n) is 13.7. The van der Waals surface area contributed by atoms with Crippen LogP contribution in [0.25, 0.3) is 0 Å². The lowest BCUT2D eigenvalue weighted by Crippen LogP contribution is -2.48. The second-order valence-corrected chi connectivity index (χ2v) is 8.19. The molecule has 23 heavy (non-hydrogen) atoms. The molecule has 5 nitrogen and oxygen atoms in total. The summed E-state index contributed by atoms with van der Waals surface area (Å²) in [6, 6.07) is 5.49. The number of sulfonamides is 1. The van der Waals surface area contributed by atoms with Gasteiger partial charge in [-0.15, -0.1) is 0 Å². The molecule has 1 heterocycles. The summed E-state index contributed by atoms with van der Waals surface area (Å²) >= 11 is 0. The Morgan fingerprint density at radius 3 is 2.70 bits per heavy atom. The Morgan fingerprint density at radius 1 is 1.35 bits per heavy atom. The Balaban J connectivity index is 1.82.